The maximum absolute atomic E-state index is 13.6. The molecule has 1 aromatic rings. The Balaban J connectivity index is 2.32. The van der Waals surface area contributed by atoms with E-state index in [1.54, 1.807) is 6.07 Å². The molecule has 0 saturated heterocycles. The maximum Gasteiger partial charge on any atom is 0.148 e. The summed E-state index contributed by atoms with van der Waals surface area (Å²) >= 11 is 0. The van der Waals surface area contributed by atoms with E-state index >= 15 is 0 Å². The highest BCUT2D eigenvalue weighted by atomic mass is 19.1. The zero-order valence-electron chi connectivity index (χ0n) is 10.1. The van der Waals surface area contributed by atoms with Gasteiger partial charge in [0.2, 0.25) is 0 Å². The minimum absolute atomic E-state index is 0.176. The van der Waals surface area contributed by atoms with Gasteiger partial charge in [-0.25, -0.2) is 4.39 Å². The number of benzene rings is 1. The van der Waals surface area contributed by atoms with Crippen LogP contribution in [0.1, 0.15) is 27.2 Å². The second-order valence-corrected chi connectivity index (χ2v) is 5.44. The van der Waals surface area contributed by atoms with E-state index in [-0.39, 0.29) is 11.2 Å². The van der Waals surface area contributed by atoms with Gasteiger partial charge < -0.3 is 10.6 Å². The fourth-order valence-electron chi connectivity index (χ4n) is 2.07. The van der Waals surface area contributed by atoms with Crippen molar-refractivity contribution < 1.29 is 4.39 Å². The minimum atomic E-state index is -0.181. The molecule has 0 bridgehead atoms. The summed E-state index contributed by atoms with van der Waals surface area (Å²) in [5.74, 6) is -0.181. The second-order valence-electron chi connectivity index (χ2n) is 5.44. The van der Waals surface area contributed by atoms with Crippen molar-refractivity contribution >= 4 is 11.4 Å². The normalized spacial score (nSPS) is 20.4. The van der Waals surface area contributed by atoms with Crippen LogP contribution in [-0.2, 0) is 0 Å². The van der Waals surface area contributed by atoms with Gasteiger partial charge in [0.05, 0.1) is 11.4 Å². The monoisotopic (exact) mass is 222 g/mol. The van der Waals surface area contributed by atoms with Crippen molar-refractivity contribution in [2.45, 2.75) is 33.2 Å². The Morgan fingerprint density at radius 2 is 2.06 bits per heavy atom. The fourth-order valence-corrected chi connectivity index (χ4v) is 2.07. The molecule has 0 saturated carbocycles. The van der Waals surface area contributed by atoms with Crippen LogP contribution in [0, 0.1) is 11.2 Å². The van der Waals surface area contributed by atoms with Gasteiger partial charge in [0.1, 0.15) is 5.82 Å². The molecule has 1 aromatic carbocycles. The third-order valence-electron chi connectivity index (χ3n) is 3.12. The quantitative estimate of drug-likeness (QED) is 0.702. The van der Waals surface area contributed by atoms with Gasteiger partial charge in [0.25, 0.3) is 0 Å². The first-order chi connectivity index (χ1) is 7.48. The molecule has 0 spiro atoms. The maximum atomic E-state index is 13.6. The van der Waals surface area contributed by atoms with Crippen molar-refractivity contribution in [3.05, 3.63) is 24.0 Å². The zero-order valence-corrected chi connectivity index (χ0v) is 10.1. The molecule has 2 rings (SSSR count). The third-order valence-corrected chi connectivity index (χ3v) is 3.12. The van der Waals surface area contributed by atoms with Crippen LogP contribution >= 0.6 is 0 Å². The molecule has 1 aliphatic heterocycles. The van der Waals surface area contributed by atoms with Crippen LogP contribution in [0.4, 0.5) is 15.8 Å². The Morgan fingerprint density at radius 1 is 1.31 bits per heavy atom. The summed E-state index contributed by atoms with van der Waals surface area (Å²) in [6, 6.07) is 5.52. The van der Waals surface area contributed by atoms with Crippen molar-refractivity contribution in [2.75, 3.05) is 17.2 Å². The molecule has 1 heterocycles. The first-order valence-electron chi connectivity index (χ1n) is 5.77. The van der Waals surface area contributed by atoms with Gasteiger partial charge in [-0.2, -0.15) is 0 Å². The Bertz CT molecular complexity index is 382. The van der Waals surface area contributed by atoms with E-state index in [2.05, 4.69) is 31.4 Å². The van der Waals surface area contributed by atoms with E-state index < -0.39 is 0 Å². The van der Waals surface area contributed by atoms with Gasteiger partial charge in [0, 0.05) is 12.6 Å². The molecule has 0 aromatic heterocycles. The van der Waals surface area contributed by atoms with Gasteiger partial charge in [-0.15, -0.1) is 0 Å². The lowest BCUT2D eigenvalue weighted by Crippen LogP contribution is -2.34. The molecular formula is C13H19FN2. The van der Waals surface area contributed by atoms with Crippen LogP contribution in [0.15, 0.2) is 18.2 Å². The summed E-state index contributed by atoms with van der Waals surface area (Å²) in [5.41, 5.74) is 1.65. The predicted octanol–water partition coefficient (Wildman–Crippen LogP) is 3.47. The second kappa shape index (κ2) is 3.96. The van der Waals surface area contributed by atoms with E-state index in [0.717, 1.165) is 18.7 Å². The Labute approximate surface area is 96.2 Å². The largest absolute Gasteiger partial charge is 0.381 e. The number of para-hydroxylation sites is 1. The van der Waals surface area contributed by atoms with E-state index in [1.807, 2.05) is 6.07 Å². The number of rotatable bonds is 0. The van der Waals surface area contributed by atoms with Gasteiger partial charge in [-0.05, 0) is 24.0 Å². The molecule has 2 nitrogen and oxygen atoms in total. The van der Waals surface area contributed by atoms with Gasteiger partial charge in [-0.1, -0.05) is 26.8 Å². The fraction of sp³-hybridized carbons (Fsp3) is 0.538. The van der Waals surface area contributed by atoms with Crippen LogP contribution in [0.2, 0.25) is 0 Å². The number of halogens is 1. The number of hydrogen-bond donors (Lipinski definition) is 2. The van der Waals surface area contributed by atoms with Crippen molar-refractivity contribution in [1.29, 1.82) is 0 Å². The molecule has 88 valence electrons. The average molecular weight is 222 g/mol. The lowest BCUT2D eigenvalue weighted by molar-refractivity contribution is 0.332. The highest BCUT2D eigenvalue weighted by Crippen LogP contribution is 2.33. The summed E-state index contributed by atoms with van der Waals surface area (Å²) in [6.45, 7) is 7.42. The summed E-state index contributed by atoms with van der Waals surface area (Å²) in [5, 5.41) is 6.60. The average Bonchev–Trinajstić information content (AvgIpc) is 2.39. The van der Waals surface area contributed by atoms with Gasteiger partial charge in [-0.3, -0.25) is 0 Å². The van der Waals surface area contributed by atoms with E-state index in [0.29, 0.717) is 11.7 Å². The summed E-state index contributed by atoms with van der Waals surface area (Å²) in [6.07, 6.45) is 0.998. The smallest absolute Gasteiger partial charge is 0.148 e. The molecule has 1 aliphatic rings. The van der Waals surface area contributed by atoms with E-state index in [4.69, 9.17) is 0 Å². The van der Waals surface area contributed by atoms with Crippen molar-refractivity contribution in [3.8, 4) is 0 Å². The molecule has 0 fully saturated rings. The van der Waals surface area contributed by atoms with Crippen LogP contribution in [-0.4, -0.2) is 12.6 Å². The van der Waals surface area contributed by atoms with Crippen molar-refractivity contribution in [2.24, 2.45) is 5.41 Å². The lowest BCUT2D eigenvalue weighted by atomic mass is 9.85. The number of fused-ring (bicyclic) bond motifs is 1. The summed E-state index contributed by atoms with van der Waals surface area (Å²) in [4.78, 5) is 0. The summed E-state index contributed by atoms with van der Waals surface area (Å²) < 4.78 is 13.6. The molecule has 1 unspecified atom stereocenters. The lowest BCUT2D eigenvalue weighted by Gasteiger charge is -2.31. The Hall–Kier alpha value is -1.25. The van der Waals surface area contributed by atoms with E-state index in [9.17, 15) is 4.39 Å². The highest BCUT2D eigenvalue weighted by molar-refractivity contribution is 5.70. The van der Waals surface area contributed by atoms with Crippen LogP contribution < -0.4 is 10.6 Å². The molecule has 3 heteroatoms. The first-order valence-corrected chi connectivity index (χ1v) is 5.77. The molecule has 2 N–H and O–H groups in total. The Morgan fingerprint density at radius 3 is 2.75 bits per heavy atom. The molecule has 16 heavy (non-hydrogen) atoms. The molecule has 0 amide bonds. The SMILES string of the molecule is CC(C)(C)C1CCNc2c(F)cccc2N1. The number of anilines is 2. The standard InChI is InChI=1S/C13H19FN2/c1-13(2,3)11-7-8-15-12-9(14)5-4-6-10(12)16-11/h4-6,11,15-16H,7-8H2,1-3H3. The Kier molecular flexibility index (Phi) is 2.78. The van der Waals surface area contributed by atoms with Crippen LogP contribution in [0.25, 0.3) is 0 Å². The summed E-state index contributed by atoms with van der Waals surface area (Å²) in [7, 11) is 0. The third kappa shape index (κ3) is 2.13. The topological polar surface area (TPSA) is 24.1 Å². The van der Waals surface area contributed by atoms with E-state index in [1.165, 1.54) is 6.07 Å². The molecule has 0 aliphatic carbocycles. The van der Waals surface area contributed by atoms with Crippen LogP contribution in [0.5, 0.6) is 0 Å². The number of hydrogen-bond acceptors (Lipinski definition) is 2. The predicted molar refractivity (Wildman–Crippen MR) is 66.4 cm³/mol. The first kappa shape index (κ1) is 11.2. The van der Waals surface area contributed by atoms with Gasteiger partial charge in [0.15, 0.2) is 0 Å². The van der Waals surface area contributed by atoms with Crippen molar-refractivity contribution in [1.82, 2.24) is 0 Å². The molecule has 1 atom stereocenters. The van der Waals surface area contributed by atoms with Gasteiger partial charge >= 0.3 is 0 Å². The van der Waals surface area contributed by atoms with Crippen LogP contribution in [0.3, 0.4) is 0 Å². The molecule has 0 radical (unpaired) electrons. The number of nitrogens with one attached hydrogen (secondary N) is 2. The highest BCUT2D eigenvalue weighted by Gasteiger charge is 2.27. The minimum Gasteiger partial charge on any atom is -0.381 e. The molecular weight excluding hydrogens is 203 g/mol. The zero-order chi connectivity index (χ0) is 11.8. The van der Waals surface area contributed by atoms with Crippen molar-refractivity contribution in [3.63, 3.8) is 0 Å².